The lowest BCUT2D eigenvalue weighted by molar-refractivity contribution is 0.174. The van der Waals surface area contributed by atoms with Crippen LogP contribution in [0.1, 0.15) is 18.6 Å². The van der Waals surface area contributed by atoms with Gasteiger partial charge >= 0.3 is 0 Å². The van der Waals surface area contributed by atoms with Crippen molar-refractivity contribution in [2.24, 2.45) is 0 Å². The molecule has 7 heteroatoms. The standard InChI is InChI=1S/C11H17N5O2/c1-9(6-16-4-3-12-8-16)13-5-11-14-10(7-17-2)15-18-11/h3-4,8-9,13H,5-7H2,1-2H3/t9-/m0/s1. The topological polar surface area (TPSA) is 78.0 Å². The van der Waals surface area contributed by atoms with Crippen LogP contribution in [0.3, 0.4) is 0 Å². The summed E-state index contributed by atoms with van der Waals surface area (Å²) in [7, 11) is 1.60. The second-order valence-corrected chi connectivity index (χ2v) is 4.08. The average molecular weight is 251 g/mol. The molecule has 2 rings (SSSR count). The van der Waals surface area contributed by atoms with Crippen molar-refractivity contribution in [3.63, 3.8) is 0 Å². The van der Waals surface area contributed by atoms with Crippen LogP contribution < -0.4 is 5.32 Å². The van der Waals surface area contributed by atoms with E-state index in [-0.39, 0.29) is 6.04 Å². The minimum absolute atomic E-state index is 0.289. The Bertz CT molecular complexity index is 454. The fourth-order valence-corrected chi connectivity index (χ4v) is 1.59. The Morgan fingerprint density at radius 2 is 2.44 bits per heavy atom. The number of methoxy groups -OCH3 is 1. The maximum absolute atomic E-state index is 5.08. The summed E-state index contributed by atoms with van der Waals surface area (Å²) in [4.78, 5) is 8.18. The Labute approximate surface area is 105 Å². The molecular weight excluding hydrogens is 234 g/mol. The van der Waals surface area contributed by atoms with Crippen molar-refractivity contribution in [1.82, 2.24) is 25.0 Å². The van der Waals surface area contributed by atoms with Crippen LogP contribution in [0.2, 0.25) is 0 Å². The molecule has 2 heterocycles. The zero-order chi connectivity index (χ0) is 12.8. The molecule has 0 aliphatic carbocycles. The van der Waals surface area contributed by atoms with Gasteiger partial charge in [-0.05, 0) is 6.92 Å². The Hall–Kier alpha value is -1.73. The molecule has 98 valence electrons. The summed E-state index contributed by atoms with van der Waals surface area (Å²) in [6.45, 7) is 3.85. The highest BCUT2D eigenvalue weighted by Gasteiger charge is 2.08. The number of ether oxygens (including phenoxy) is 1. The first kappa shape index (κ1) is 12.7. The minimum atomic E-state index is 0.289. The molecule has 0 aliphatic rings. The third-order valence-electron chi connectivity index (χ3n) is 2.43. The predicted molar refractivity (Wildman–Crippen MR) is 63.5 cm³/mol. The summed E-state index contributed by atoms with van der Waals surface area (Å²) in [5.41, 5.74) is 0. The fraction of sp³-hybridized carbons (Fsp3) is 0.545. The number of imidazole rings is 1. The van der Waals surface area contributed by atoms with E-state index in [1.165, 1.54) is 0 Å². The summed E-state index contributed by atoms with van der Waals surface area (Å²) in [5.74, 6) is 1.14. The van der Waals surface area contributed by atoms with Gasteiger partial charge in [0.2, 0.25) is 5.89 Å². The predicted octanol–water partition coefficient (Wildman–Crippen LogP) is 0.591. The second kappa shape index (κ2) is 6.27. The van der Waals surface area contributed by atoms with Crippen LogP contribution in [0.25, 0.3) is 0 Å². The van der Waals surface area contributed by atoms with E-state index >= 15 is 0 Å². The van der Waals surface area contributed by atoms with Crippen LogP contribution >= 0.6 is 0 Å². The van der Waals surface area contributed by atoms with Gasteiger partial charge in [-0.15, -0.1) is 0 Å². The summed E-state index contributed by atoms with van der Waals surface area (Å²) >= 11 is 0. The van der Waals surface area contributed by atoms with Gasteiger partial charge < -0.3 is 19.1 Å². The lowest BCUT2D eigenvalue weighted by Gasteiger charge is -2.12. The Morgan fingerprint density at radius 3 is 3.17 bits per heavy atom. The molecule has 1 atom stereocenters. The Kier molecular flexibility index (Phi) is 4.43. The summed E-state index contributed by atoms with van der Waals surface area (Å²) in [5, 5.41) is 7.10. The third-order valence-corrected chi connectivity index (χ3v) is 2.43. The highest BCUT2D eigenvalue weighted by Crippen LogP contribution is 1.99. The monoisotopic (exact) mass is 251 g/mol. The molecule has 0 spiro atoms. The minimum Gasteiger partial charge on any atom is -0.377 e. The zero-order valence-corrected chi connectivity index (χ0v) is 10.5. The van der Waals surface area contributed by atoms with Crippen LogP contribution in [-0.4, -0.2) is 32.8 Å². The van der Waals surface area contributed by atoms with Gasteiger partial charge in [0.25, 0.3) is 0 Å². The van der Waals surface area contributed by atoms with E-state index < -0.39 is 0 Å². The molecule has 0 aromatic carbocycles. The summed E-state index contributed by atoms with van der Waals surface area (Å²) in [6, 6.07) is 0.289. The summed E-state index contributed by atoms with van der Waals surface area (Å²) < 4.78 is 12.0. The SMILES string of the molecule is COCc1noc(CN[C@@H](C)Cn2ccnc2)n1. The summed E-state index contributed by atoms with van der Waals surface area (Å²) in [6.07, 6.45) is 5.49. The molecule has 0 fully saturated rings. The van der Waals surface area contributed by atoms with E-state index in [1.807, 2.05) is 10.8 Å². The average Bonchev–Trinajstić information content (AvgIpc) is 2.99. The number of rotatable bonds is 7. The lowest BCUT2D eigenvalue weighted by atomic mass is 10.3. The van der Waals surface area contributed by atoms with Crippen molar-refractivity contribution in [3.05, 3.63) is 30.4 Å². The van der Waals surface area contributed by atoms with E-state index in [9.17, 15) is 0 Å². The first-order chi connectivity index (χ1) is 8.78. The molecule has 0 bridgehead atoms. The van der Waals surface area contributed by atoms with Crippen molar-refractivity contribution in [2.75, 3.05) is 7.11 Å². The normalized spacial score (nSPS) is 12.8. The molecule has 0 amide bonds. The number of hydrogen-bond donors (Lipinski definition) is 1. The van der Waals surface area contributed by atoms with Crippen molar-refractivity contribution < 1.29 is 9.26 Å². The highest BCUT2D eigenvalue weighted by molar-refractivity contribution is 4.85. The molecule has 2 aromatic heterocycles. The smallest absolute Gasteiger partial charge is 0.240 e. The number of aromatic nitrogens is 4. The van der Waals surface area contributed by atoms with Gasteiger partial charge in [-0.2, -0.15) is 4.98 Å². The first-order valence-corrected chi connectivity index (χ1v) is 5.77. The zero-order valence-electron chi connectivity index (χ0n) is 10.5. The van der Waals surface area contributed by atoms with Gasteiger partial charge in [-0.1, -0.05) is 5.16 Å². The molecular formula is C11H17N5O2. The van der Waals surface area contributed by atoms with E-state index in [1.54, 1.807) is 19.6 Å². The van der Waals surface area contributed by atoms with Crippen LogP contribution in [0, 0.1) is 0 Å². The molecule has 7 nitrogen and oxygen atoms in total. The Morgan fingerprint density at radius 1 is 1.56 bits per heavy atom. The number of hydrogen-bond acceptors (Lipinski definition) is 6. The van der Waals surface area contributed by atoms with Crippen LogP contribution in [-0.2, 0) is 24.4 Å². The number of nitrogens with zero attached hydrogens (tertiary/aromatic N) is 4. The quantitative estimate of drug-likeness (QED) is 0.776. The van der Waals surface area contributed by atoms with Crippen molar-refractivity contribution in [1.29, 1.82) is 0 Å². The maximum atomic E-state index is 5.08. The molecule has 18 heavy (non-hydrogen) atoms. The highest BCUT2D eigenvalue weighted by atomic mass is 16.5. The van der Waals surface area contributed by atoms with Gasteiger partial charge in [0, 0.05) is 32.1 Å². The third kappa shape index (κ3) is 3.64. The number of nitrogens with one attached hydrogen (secondary N) is 1. The molecule has 0 saturated heterocycles. The van der Waals surface area contributed by atoms with Gasteiger partial charge in [0.05, 0.1) is 12.9 Å². The molecule has 1 N–H and O–H groups in total. The van der Waals surface area contributed by atoms with Crippen LogP contribution in [0.15, 0.2) is 23.2 Å². The molecule has 0 radical (unpaired) electrons. The second-order valence-electron chi connectivity index (χ2n) is 4.08. The van der Waals surface area contributed by atoms with Crippen LogP contribution in [0.5, 0.6) is 0 Å². The van der Waals surface area contributed by atoms with E-state index in [0.29, 0.717) is 24.9 Å². The van der Waals surface area contributed by atoms with E-state index in [4.69, 9.17) is 9.26 Å². The molecule has 0 unspecified atom stereocenters. The largest absolute Gasteiger partial charge is 0.377 e. The molecule has 0 aliphatic heterocycles. The van der Waals surface area contributed by atoms with Crippen molar-refractivity contribution >= 4 is 0 Å². The van der Waals surface area contributed by atoms with Crippen LogP contribution in [0.4, 0.5) is 0 Å². The maximum Gasteiger partial charge on any atom is 0.240 e. The molecule has 0 saturated carbocycles. The van der Waals surface area contributed by atoms with Gasteiger partial charge in [-0.3, -0.25) is 0 Å². The van der Waals surface area contributed by atoms with E-state index in [0.717, 1.165) is 6.54 Å². The fourth-order valence-electron chi connectivity index (χ4n) is 1.59. The van der Waals surface area contributed by atoms with Crippen molar-refractivity contribution in [3.8, 4) is 0 Å². The van der Waals surface area contributed by atoms with Gasteiger partial charge in [0.1, 0.15) is 6.61 Å². The molecule has 2 aromatic rings. The van der Waals surface area contributed by atoms with Gasteiger partial charge in [-0.25, -0.2) is 4.98 Å². The van der Waals surface area contributed by atoms with Gasteiger partial charge in [0.15, 0.2) is 5.82 Å². The lowest BCUT2D eigenvalue weighted by Crippen LogP contribution is -2.29. The Balaban J connectivity index is 1.76. The van der Waals surface area contributed by atoms with E-state index in [2.05, 4.69) is 27.4 Å². The first-order valence-electron chi connectivity index (χ1n) is 5.77. The van der Waals surface area contributed by atoms with Crippen molar-refractivity contribution in [2.45, 2.75) is 32.7 Å².